The lowest BCUT2D eigenvalue weighted by molar-refractivity contribution is -0.141. The molecule has 4 rings (SSSR count). The van der Waals surface area contributed by atoms with Gasteiger partial charge in [-0.2, -0.15) is 0 Å². The molecule has 7 heteroatoms. The van der Waals surface area contributed by atoms with Crippen molar-refractivity contribution in [2.75, 3.05) is 18.4 Å². The Bertz CT molecular complexity index is 984. The van der Waals surface area contributed by atoms with Gasteiger partial charge in [-0.05, 0) is 74.4 Å². The summed E-state index contributed by atoms with van der Waals surface area (Å²) < 4.78 is 0. The number of nitrogens with two attached hydrogens (primary N) is 1. The fourth-order valence-corrected chi connectivity index (χ4v) is 5.21. The number of amides is 2. The number of rotatable bonds is 6. The summed E-state index contributed by atoms with van der Waals surface area (Å²) in [6.07, 6.45) is 4.27. The van der Waals surface area contributed by atoms with Crippen molar-refractivity contribution in [1.82, 2.24) is 4.90 Å². The maximum atomic E-state index is 13.5. The first kappa shape index (κ1) is 23.0. The first-order valence-corrected chi connectivity index (χ1v) is 11.7. The molecule has 0 unspecified atom stereocenters. The number of carbonyl (C=O) groups excluding carboxylic acids is 2. The van der Waals surface area contributed by atoms with Gasteiger partial charge in [0, 0.05) is 24.1 Å². The minimum Gasteiger partial charge on any atom is -0.478 e. The third-order valence-electron chi connectivity index (χ3n) is 7.11. The van der Waals surface area contributed by atoms with Crippen molar-refractivity contribution in [2.45, 2.75) is 44.1 Å². The number of nitrogens with one attached hydrogen (secondary N) is 1. The second-order valence-electron chi connectivity index (χ2n) is 9.11. The lowest BCUT2D eigenvalue weighted by atomic mass is 9.81. The largest absolute Gasteiger partial charge is 0.478 e. The van der Waals surface area contributed by atoms with Crippen LogP contribution in [0.15, 0.2) is 54.6 Å². The normalized spacial score (nSPS) is 24.9. The summed E-state index contributed by atoms with van der Waals surface area (Å²) in [4.78, 5) is 39.9. The highest BCUT2D eigenvalue weighted by molar-refractivity contribution is 5.99. The van der Waals surface area contributed by atoms with Gasteiger partial charge >= 0.3 is 5.97 Å². The Kier molecular flexibility index (Phi) is 7.08. The Labute approximate surface area is 194 Å². The Morgan fingerprint density at radius 3 is 2.21 bits per heavy atom. The van der Waals surface area contributed by atoms with Gasteiger partial charge in [-0.1, -0.05) is 30.3 Å². The quantitative estimate of drug-likeness (QED) is 0.625. The van der Waals surface area contributed by atoms with Crippen LogP contribution in [0, 0.1) is 11.8 Å². The lowest BCUT2D eigenvalue weighted by Crippen LogP contribution is -2.48. The summed E-state index contributed by atoms with van der Waals surface area (Å²) in [5.41, 5.74) is 7.52. The number of likely N-dealkylation sites (tertiary alicyclic amines) is 1. The van der Waals surface area contributed by atoms with Crippen LogP contribution in [0.2, 0.25) is 0 Å². The van der Waals surface area contributed by atoms with E-state index in [1.165, 1.54) is 12.1 Å². The fourth-order valence-electron chi connectivity index (χ4n) is 5.21. The van der Waals surface area contributed by atoms with Crippen LogP contribution in [0.1, 0.15) is 53.9 Å². The van der Waals surface area contributed by atoms with E-state index in [2.05, 4.69) is 5.32 Å². The summed E-state index contributed by atoms with van der Waals surface area (Å²) in [6, 6.07) is 15.3. The molecule has 7 nitrogen and oxygen atoms in total. The molecule has 0 spiro atoms. The molecular weight excluding hydrogens is 418 g/mol. The first-order chi connectivity index (χ1) is 16.0. The molecule has 2 aliphatic rings. The van der Waals surface area contributed by atoms with Crippen LogP contribution in [0.25, 0.3) is 0 Å². The zero-order valence-corrected chi connectivity index (χ0v) is 18.7. The molecule has 1 aliphatic carbocycles. The number of benzene rings is 2. The smallest absolute Gasteiger partial charge is 0.335 e. The van der Waals surface area contributed by atoms with Gasteiger partial charge in [-0.3, -0.25) is 9.59 Å². The van der Waals surface area contributed by atoms with E-state index >= 15 is 0 Å². The van der Waals surface area contributed by atoms with Gasteiger partial charge in [0.1, 0.15) is 6.04 Å². The van der Waals surface area contributed by atoms with Gasteiger partial charge in [0.2, 0.25) is 11.8 Å². The molecule has 4 N–H and O–H groups in total. The van der Waals surface area contributed by atoms with Gasteiger partial charge in [0.05, 0.1) is 5.56 Å². The molecule has 0 bridgehead atoms. The van der Waals surface area contributed by atoms with Crippen molar-refractivity contribution in [3.8, 4) is 0 Å². The molecule has 1 saturated carbocycles. The number of carbonyl (C=O) groups is 3. The highest BCUT2D eigenvalue weighted by atomic mass is 16.4. The second kappa shape index (κ2) is 10.2. The minimum absolute atomic E-state index is 0.0604. The molecule has 2 atom stereocenters. The Morgan fingerprint density at radius 1 is 0.939 bits per heavy atom. The van der Waals surface area contributed by atoms with Crippen LogP contribution in [-0.4, -0.2) is 46.9 Å². The van der Waals surface area contributed by atoms with Crippen molar-refractivity contribution < 1.29 is 19.5 Å². The summed E-state index contributed by atoms with van der Waals surface area (Å²) >= 11 is 0. The average Bonchev–Trinajstić information content (AvgIpc) is 3.30. The molecular formula is C26H31N3O4. The number of nitrogens with zero attached hydrogens (tertiary/aromatic N) is 1. The fraction of sp³-hybridized carbons (Fsp3) is 0.423. The monoisotopic (exact) mass is 449 g/mol. The highest BCUT2D eigenvalue weighted by Crippen LogP contribution is 2.37. The lowest BCUT2D eigenvalue weighted by Gasteiger charge is -2.33. The third kappa shape index (κ3) is 5.09. The van der Waals surface area contributed by atoms with Gasteiger partial charge in [0.25, 0.3) is 0 Å². The average molecular weight is 450 g/mol. The molecule has 1 heterocycles. The van der Waals surface area contributed by atoms with Crippen molar-refractivity contribution in [1.29, 1.82) is 0 Å². The maximum absolute atomic E-state index is 13.5. The van der Waals surface area contributed by atoms with E-state index in [0.717, 1.165) is 37.7 Å². The molecule has 2 aromatic carbocycles. The van der Waals surface area contributed by atoms with Crippen LogP contribution >= 0.6 is 0 Å². The molecule has 2 aromatic rings. The molecule has 1 aliphatic heterocycles. The minimum atomic E-state index is -1.02. The number of anilines is 1. The summed E-state index contributed by atoms with van der Waals surface area (Å²) in [5, 5.41) is 12.0. The third-order valence-corrected chi connectivity index (χ3v) is 7.11. The summed E-state index contributed by atoms with van der Waals surface area (Å²) in [6.45, 7) is 1.21. The number of aromatic carboxylic acids is 1. The van der Waals surface area contributed by atoms with Crippen molar-refractivity contribution in [3.63, 3.8) is 0 Å². The molecule has 174 valence electrons. The van der Waals surface area contributed by atoms with Crippen molar-refractivity contribution in [2.24, 2.45) is 17.6 Å². The van der Waals surface area contributed by atoms with Crippen LogP contribution < -0.4 is 11.1 Å². The molecule has 0 radical (unpaired) electrons. The standard InChI is InChI=1S/C26H31N3O4/c27-16-17-6-8-19(9-7-17)25(31)29-15-14-22(18-4-2-1-3-5-18)23(29)24(30)28-21-12-10-20(11-13-21)26(32)33/h1-5,10-13,17,19,22-23H,6-9,14-16,27H2,(H,28,30)(H,32,33)/t17?,19?,22-,23+/m0/s1. The first-order valence-electron chi connectivity index (χ1n) is 11.7. The number of hydrogen-bond acceptors (Lipinski definition) is 4. The Morgan fingerprint density at radius 2 is 1.61 bits per heavy atom. The van der Waals surface area contributed by atoms with E-state index in [4.69, 9.17) is 10.8 Å². The topological polar surface area (TPSA) is 113 Å². The van der Waals surface area contributed by atoms with Crippen LogP contribution in [0.5, 0.6) is 0 Å². The predicted octanol–water partition coefficient (Wildman–Crippen LogP) is 3.47. The van der Waals surface area contributed by atoms with Crippen LogP contribution in [-0.2, 0) is 9.59 Å². The Balaban J connectivity index is 1.55. The van der Waals surface area contributed by atoms with Gasteiger partial charge in [-0.25, -0.2) is 4.79 Å². The van der Waals surface area contributed by atoms with Crippen molar-refractivity contribution >= 4 is 23.5 Å². The zero-order chi connectivity index (χ0) is 23.4. The van der Waals surface area contributed by atoms with E-state index in [0.29, 0.717) is 24.7 Å². The van der Waals surface area contributed by atoms with E-state index in [1.54, 1.807) is 17.0 Å². The van der Waals surface area contributed by atoms with E-state index in [1.807, 2.05) is 30.3 Å². The zero-order valence-electron chi connectivity index (χ0n) is 18.7. The number of carboxylic acids is 1. The Hall–Kier alpha value is -3.19. The summed E-state index contributed by atoms with van der Waals surface area (Å²) in [5.74, 6) is -0.869. The molecule has 33 heavy (non-hydrogen) atoms. The predicted molar refractivity (Wildman–Crippen MR) is 126 cm³/mol. The SMILES string of the molecule is NCC1CCC(C(=O)N2CC[C@@H](c3ccccc3)[C@@H]2C(=O)Nc2ccc(C(=O)O)cc2)CC1. The molecule has 2 amide bonds. The highest BCUT2D eigenvalue weighted by Gasteiger charge is 2.44. The van der Waals surface area contributed by atoms with E-state index < -0.39 is 12.0 Å². The summed E-state index contributed by atoms with van der Waals surface area (Å²) in [7, 11) is 0. The van der Waals surface area contributed by atoms with Crippen LogP contribution in [0.4, 0.5) is 5.69 Å². The van der Waals surface area contributed by atoms with E-state index in [-0.39, 0.29) is 29.2 Å². The van der Waals surface area contributed by atoms with Crippen molar-refractivity contribution in [3.05, 3.63) is 65.7 Å². The van der Waals surface area contributed by atoms with E-state index in [9.17, 15) is 14.4 Å². The van der Waals surface area contributed by atoms with Gasteiger partial charge < -0.3 is 21.1 Å². The second-order valence-corrected chi connectivity index (χ2v) is 9.11. The van der Waals surface area contributed by atoms with Crippen LogP contribution in [0.3, 0.4) is 0 Å². The maximum Gasteiger partial charge on any atom is 0.335 e. The molecule has 0 aromatic heterocycles. The number of carboxylic acid groups (broad SMARTS) is 1. The van der Waals surface area contributed by atoms with Gasteiger partial charge in [-0.15, -0.1) is 0 Å². The van der Waals surface area contributed by atoms with Gasteiger partial charge in [0.15, 0.2) is 0 Å². The number of hydrogen-bond donors (Lipinski definition) is 3. The molecule has 2 fully saturated rings. The molecule has 1 saturated heterocycles.